The van der Waals surface area contributed by atoms with E-state index < -0.39 is 0 Å². The Morgan fingerprint density at radius 3 is 2.71 bits per heavy atom. The second kappa shape index (κ2) is 6.41. The number of nitrogens with zero attached hydrogens (tertiary/aromatic N) is 3. The zero-order valence-electron chi connectivity index (χ0n) is 13.7. The molecule has 0 radical (unpaired) electrons. The minimum absolute atomic E-state index is 0.0167. The monoisotopic (exact) mass is 290 g/mol. The van der Waals surface area contributed by atoms with Crippen LogP contribution in [0.4, 0.5) is 5.69 Å². The summed E-state index contributed by atoms with van der Waals surface area (Å²) < 4.78 is 0. The number of rotatable bonds is 3. The number of anilines is 1. The van der Waals surface area contributed by atoms with Crippen molar-refractivity contribution in [1.82, 2.24) is 14.9 Å². The molecule has 1 amide bonds. The molecule has 2 heterocycles. The van der Waals surface area contributed by atoms with E-state index in [0.29, 0.717) is 17.3 Å². The minimum atomic E-state index is 0.0167. The zero-order valence-corrected chi connectivity index (χ0v) is 13.7. The lowest BCUT2D eigenvalue weighted by molar-refractivity contribution is 0.0583. The molecule has 0 spiro atoms. The first-order valence-electron chi connectivity index (χ1n) is 7.79. The Morgan fingerprint density at radius 2 is 2.14 bits per heavy atom. The fourth-order valence-electron chi connectivity index (χ4n) is 2.86. The van der Waals surface area contributed by atoms with Crippen LogP contribution in [0.5, 0.6) is 0 Å². The van der Waals surface area contributed by atoms with E-state index >= 15 is 0 Å². The number of nitrogens with one attached hydrogen (secondary N) is 1. The summed E-state index contributed by atoms with van der Waals surface area (Å²) in [6, 6.07) is 0.267. The van der Waals surface area contributed by atoms with Gasteiger partial charge in [-0.05, 0) is 25.7 Å². The Balaban J connectivity index is 2.31. The molecule has 0 aromatic carbocycles. The number of hydrogen-bond donors (Lipinski definition) is 1. The average molecular weight is 290 g/mol. The average Bonchev–Trinajstić information content (AvgIpc) is 2.45. The van der Waals surface area contributed by atoms with Crippen molar-refractivity contribution < 1.29 is 4.79 Å². The summed E-state index contributed by atoms with van der Waals surface area (Å²) in [6.45, 7) is 9.25. The maximum absolute atomic E-state index is 12.9. The fraction of sp³-hybridized carbons (Fsp3) is 0.688. The maximum atomic E-state index is 12.9. The third kappa shape index (κ3) is 3.34. The lowest BCUT2D eigenvalue weighted by atomic mass is 9.93. The van der Waals surface area contributed by atoms with Crippen LogP contribution in [0, 0.1) is 5.92 Å². The second-order valence-corrected chi connectivity index (χ2v) is 6.37. The highest BCUT2D eigenvalue weighted by molar-refractivity contribution is 5.97. The first-order valence-corrected chi connectivity index (χ1v) is 7.79. The molecule has 1 aromatic heterocycles. The van der Waals surface area contributed by atoms with Gasteiger partial charge in [0, 0.05) is 25.6 Å². The van der Waals surface area contributed by atoms with Gasteiger partial charge in [-0.25, -0.2) is 9.97 Å². The van der Waals surface area contributed by atoms with E-state index in [1.54, 1.807) is 13.2 Å². The standard InChI is InChI=1S/C16H26N4O/c1-10(2)15-18-9-13(17-5)14(19-15)16(21)20-7-6-11(3)8-12(20)4/h9-12,17H,6-8H2,1-5H3. The summed E-state index contributed by atoms with van der Waals surface area (Å²) in [7, 11) is 1.80. The number of likely N-dealkylation sites (tertiary alicyclic amines) is 1. The summed E-state index contributed by atoms with van der Waals surface area (Å²) in [5, 5.41) is 3.03. The van der Waals surface area contributed by atoms with Crippen LogP contribution in [0.2, 0.25) is 0 Å². The molecule has 21 heavy (non-hydrogen) atoms. The van der Waals surface area contributed by atoms with Crippen LogP contribution in [0.15, 0.2) is 6.20 Å². The molecule has 5 heteroatoms. The van der Waals surface area contributed by atoms with E-state index in [-0.39, 0.29) is 17.9 Å². The molecule has 1 N–H and O–H groups in total. The molecule has 2 unspecified atom stereocenters. The topological polar surface area (TPSA) is 58.1 Å². The molecule has 2 atom stereocenters. The molecule has 1 saturated heterocycles. The van der Waals surface area contributed by atoms with Gasteiger partial charge >= 0.3 is 0 Å². The normalized spacial score (nSPS) is 22.5. The van der Waals surface area contributed by atoms with Crippen LogP contribution >= 0.6 is 0 Å². The molecule has 116 valence electrons. The number of carbonyl (C=O) groups excluding carboxylic acids is 1. The van der Waals surface area contributed by atoms with Crippen LogP contribution in [0.1, 0.15) is 62.8 Å². The largest absolute Gasteiger partial charge is 0.385 e. The highest BCUT2D eigenvalue weighted by Gasteiger charge is 2.29. The van der Waals surface area contributed by atoms with Gasteiger partial charge in [0.05, 0.1) is 11.9 Å². The van der Waals surface area contributed by atoms with Crippen molar-refractivity contribution in [1.29, 1.82) is 0 Å². The quantitative estimate of drug-likeness (QED) is 0.930. The van der Waals surface area contributed by atoms with E-state index in [2.05, 4.69) is 29.1 Å². The molecular formula is C16H26N4O. The first-order chi connectivity index (χ1) is 9.93. The Bertz CT molecular complexity index is 515. The summed E-state index contributed by atoms with van der Waals surface area (Å²) in [5.41, 5.74) is 1.20. The molecule has 1 aliphatic rings. The lowest BCUT2D eigenvalue weighted by Crippen LogP contribution is -2.44. The van der Waals surface area contributed by atoms with Crippen LogP contribution < -0.4 is 5.32 Å². The molecule has 0 aliphatic carbocycles. The van der Waals surface area contributed by atoms with E-state index in [1.165, 1.54) is 0 Å². The number of aromatic nitrogens is 2. The molecule has 1 aliphatic heterocycles. The van der Waals surface area contributed by atoms with Crippen molar-refractivity contribution in [3.8, 4) is 0 Å². The van der Waals surface area contributed by atoms with Gasteiger partial charge in [0.25, 0.3) is 5.91 Å². The SMILES string of the molecule is CNc1cnc(C(C)C)nc1C(=O)N1CCC(C)CC1C. The summed E-state index contributed by atoms with van der Waals surface area (Å²) in [4.78, 5) is 23.6. The van der Waals surface area contributed by atoms with E-state index in [0.717, 1.165) is 25.2 Å². The van der Waals surface area contributed by atoms with E-state index in [1.807, 2.05) is 18.7 Å². The van der Waals surface area contributed by atoms with Gasteiger partial charge in [0.1, 0.15) is 5.82 Å². The first kappa shape index (κ1) is 15.7. The Kier molecular flexibility index (Phi) is 4.80. The molecule has 0 bridgehead atoms. The predicted octanol–water partition coefficient (Wildman–Crippen LogP) is 2.90. The van der Waals surface area contributed by atoms with Gasteiger partial charge in [-0.2, -0.15) is 0 Å². The summed E-state index contributed by atoms with van der Waals surface area (Å²) in [5.74, 6) is 1.63. The number of carbonyl (C=O) groups is 1. The van der Waals surface area contributed by atoms with Gasteiger partial charge in [-0.1, -0.05) is 20.8 Å². The second-order valence-electron chi connectivity index (χ2n) is 6.37. The smallest absolute Gasteiger partial charge is 0.274 e. The number of hydrogen-bond acceptors (Lipinski definition) is 4. The number of piperidine rings is 1. The van der Waals surface area contributed by atoms with E-state index in [4.69, 9.17) is 0 Å². The van der Waals surface area contributed by atoms with Gasteiger partial charge in [-0.15, -0.1) is 0 Å². The van der Waals surface area contributed by atoms with Crippen molar-refractivity contribution in [3.63, 3.8) is 0 Å². The van der Waals surface area contributed by atoms with Crippen molar-refractivity contribution in [2.75, 3.05) is 18.9 Å². The van der Waals surface area contributed by atoms with Crippen molar-refractivity contribution >= 4 is 11.6 Å². The van der Waals surface area contributed by atoms with Crippen molar-refractivity contribution in [2.45, 2.75) is 52.5 Å². The van der Waals surface area contributed by atoms with Crippen LogP contribution in [-0.2, 0) is 0 Å². The van der Waals surface area contributed by atoms with E-state index in [9.17, 15) is 4.79 Å². The summed E-state index contributed by atoms with van der Waals surface area (Å²) in [6.07, 6.45) is 3.84. The van der Waals surface area contributed by atoms with Gasteiger partial charge < -0.3 is 10.2 Å². The van der Waals surface area contributed by atoms with Crippen molar-refractivity contribution in [3.05, 3.63) is 17.7 Å². The zero-order chi connectivity index (χ0) is 15.6. The Hall–Kier alpha value is -1.65. The third-order valence-electron chi connectivity index (χ3n) is 4.19. The van der Waals surface area contributed by atoms with Crippen LogP contribution in [0.3, 0.4) is 0 Å². The van der Waals surface area contributed by atoms with Gasteiger partial charge in [0.15, 0.2) is 5.69 Å². The third-order valence-corrected chi connectivity index (χ3v) is 4.19. The van der Waals surface area contributed by atoms with Gasteiger partial charge in [0.2, 0.25) is 0 Å². The molecular weight excluding hydrogens is 264 g/mol. The predicted molar refractivity (Wildman–Crippen MR) is 84.6 cm³/mol. The summed E-state index contributed by atoms with van der Waals surface area (Å²) >= 11 is 0. The fourth-order valence-corrected chi connectivity index (χ4v) is 2.86. The highest BCUT2D eigenvalue weighted by atomic mass is 16.2. The van der Waals surface area contributed by atoms with Crippen molar-refractivity contribution in [2.24, 2.45) is 5.92 Å². The Morgan fingerprint density at radius 1 is 1.43 bits per heavy atom. The molecule has 1 fully saturated rings. The highest BCUT2D eigenvalue weighted by Crippen LogP contribution is 2.25. The van der Waals surface area contributed by atoms with Gasteiger partial charge in [-0.3, -0.25) is 4.79 Å². The molecule has 2 rings (SSSR count). The maximum Gasteiger partial charge on any atom is 0.274 e. The molecule has 0 saturated carbocycles. The van der Waals surface area contributed by atoms with Crippen LogP contribution in [-0.4, -0.2) is 40.4 Å². The molecule has 1 aromatic rings. The lowest BCUT2D eigenvalue weighted by Gasteiger charge is -2.36. The number of amides is 1. The minimum Gasteiger partial charge on any atom is -0.385 e. The Labute approximate surface area is 127 Å². The molecule has 5 nitrogen and oxygen atoms in total. The van der Waals surface area contributed by atoms with Crippen LogP contribution in [0.25, 0.3) is 0 Å².